The van der Waals surface area contributed by atoms with E-state index in [4.69, 9.17) is 5.84 Å². The van der Waals surface area contributed by atoms with E-state index in [0.29, 0.717) is 5.56 Å². The molecule has 0 aliphatic heterocycles. The zero-order valence-corrected chi connectivity index (χ0v) is 10.6. The molecule has 0 fully saturated rings. The number of rotatable bonds is 3. The van der Waals surface area contributed by atoms with E-state index in [-0.39, 0.29) is 11.9 Å². The van der Waals surface area contributed by atoms with Crippen LogP contribution in [0.1, 0.15) is 28.3 Å². The minimum absolute atomic E-state index is 0.250. The number of hydrogen-bond acceptors (Lipinski definition) is 2. The molecule has 0 bridgehead atoms. The van der Waals surface area contributed by atoms with E-state index < -0.39 is 0 Å². The molecule has 0 amide bonds. The SMILES string of the molecule is Cc1cc(C)cc(C(NN)c2ccccc2F)c1. The molecule has 0 radical (unpaired) electrons. The summed E-state index contributed by atoms with van der Waals surface area (Å²) >= 11 is 0. The van der Waals surface area contributed by atoms with Crippen molar-refractivity contribution in [2.45, 2.75) is 19.9 Å². The summed E-state index contributed by atoms with van der Waals surface area (Å²) in [6, 6.07) is 12.5. The van der Waals surface area contributed by atoms with Crippen LogP contribution in [0.2, 0.25) is 0 Å². The number of aryl methyl sites for hydroxylation is 2. The van der Waals surface area contributed by atoms with E-state index in [0.717, 1.165) is 16.7 Å². The third kappa shape index (κ3) is 2.58. The maximum absolute atomic E-state index is 13.8. The molecule has 0 saturated heterocycles. The second-order valence-corrected chi connectivity index (χ2v) is 4.54. The summed E-state index contributed by atoms with van der Waals surface area (Å²) in [4.78, 5) is 0. The maximum atomic E-state index is 13.8. The van der Waals surface area contributed by atoms with Gasteiger partial charge in [0.2, 0.25) is 0 Å². The van der Waals surface area contributed by atoms with Crippen LogP contribution in [-0.4, -0.2) is 0 Å². The Bertz CT molecular complexity index is 532. The number of nitrogens with one attached hydrogen (secondary N) is 1. The number of hydrazine groups is 1. The highest BCUT2D eigenvalue weighted by Crippen LogP contribution is 2.25. The molecule has 2 aromatic rings. The average Bonchev–Trinajstić information content (AvgIpc) is 2.31. The van der Waals surface area contributed by atoms with Gasteiger partial charge >= 0.3 is 0 Å². The normalized spacial score (nSPS) is 12.4. The first-order valence-corrected chi connectivity index (χ1v) is 5.90. The summed E-state index contributed by atoms with van der Waals surface area (Å²) in [5.74, 6) is 5.34. The number of hydrogen-bond donors (Lipinski definition) is 2. The lowest BCUT2D eigenvalue weighted by Gasteiger charge is -2.18. The van der Waals surface area contributed by atoms with E-state index in [1.54, 1.807) is 12.1 Å². The van der Waals surface area contributed by atoms with Crippen LogP contribution in [0.4, 0.5) is 4.39 Å². The zero-order valence-electron chi connectivity index (χ0n) is 10.6. The summed E-state index contributed by atoms with van der Waals surface area (Å²) < 4.78 is 13.8. The first-order valence-electron chi connectivity index (χ1n) is 5.90. The highest BCUT2D eigenvalue weighted by molar-refractivity contribution is 5.37. The summed E-state index contributed by atoms with van der Waals surface area (Å²) in [7, 11) is 0. The fourth-order valence-electron chi connectivity index (χ4n) is 2.25. The third-order valence-electron chi connectivity index (χ3n) is 2.96. The van der Waals surface area contributed by atoms with Crippen molar-refractivity contribution in [2.24, 2.45) is 5.84 Å². The molecule has 1 unspecified atom stereocenters. The van der Waals surface area contributed by atoms with Crippen molar-refractivity contribution in [3.63, 3.8) is 0 Å². The van der Waals surface area contributed by atoms with Crippen molar-refractivity contribution in [1.82, 2.24) is 5.43 Å². The fraction of sp³-hybridized carbons (Fsp3) is 0.200. The molecule has 0 aromatic heterocycles. The molecule has 2 aromatic carbocycles. The third-order valence-corrected chi connectivity index (χ3v) is 2.96. The number of benzene rings is 2. The second-order valence-electron chi connectivity index (χ2n) is 4.54. The van der Waals surface area contributed by atoms with Crippen LogP contribution < -0.4 is 11.3 Å². The topological polar surface area (TPSA) is 38.0 Å². The standard InChI is InChI=1S/C15H17FN2/c1-10-7-11(2)9-12(8-10)15(18-17)13-5-3-4-6-14(13)16/h3-9,15,18H,17H2,1-2H3. The lowest BCUT2D eigenvalue weighted by Crippen LogP contribution is -2.29. The predicted octanol–water partition coefficient (Wildman–Crippen LogP) is 3.00. The van der Waals surface area contributed by atoms with Gasteiger partial charge in [-0.25, -0.2) is 9.82 Å². The molecular weight excluding hydrogens is 227 g/mol. The zero-order chi connectivity index (χ0) is 13.1. The van der Waals surface area contributed by atoms with Crippen LogP contribution >= 0.6 is 0 Å². The van der Waals surface area contributed by atoms with E-state index in [1.165, 1.54) is 6.07 Å². The molecule has 2 rings (SSSR count). The summed E-state index contributed by atoms with van der Waals surface area (Å²) in [6.45, 7) is 4.04. The molecule has 3 N–H and O–H groups in total. The molecular formula is C15H17FN2. The van der Waals surface area contributed by atoms with Gasteiger partial charge in [-0.1, -0.05) is 47.5 Å². The van der Waals surface area contributed by atoms with Crippen LogP contribution in [-0.2, 0) is 0 Å². The van der Waals surface area contributed by atoms with Crippen molar-refractivity contribution < 1.29 is 4.39 Å². The molecule has 3 heteroatoms. The van der Waals surface area contributed by atoms with Crippen LogP contribution in [0.3, 0.4) is 0 Å². The molecule has 94 valence electrons. The Balaban J connectivity index is 2.48. The van der Waals surface area contributed by atoms with Gasteiger partial charge in [-0.05, 0) is 25.5 Å². The predicted molar refractivity (Wildman–Crippen MR) is 71.5 cm³/mol. The highest BCUT2D eigenvalue weighted by atomic mass is 19.1. The Morgan fingerprint density at radius 2 is 1.67 bits per heavy atom. The maximum Gasteiger partial charge on any atom is 0.128 e. The first-order chi connectivity index (χ1) is 8.61. The first kappa shape index (κ1) is 12.7. The van der Waals surface area contributed by atoms with E-state index >= 15 is 0 Å². The highest BCUT2D eigenvalue weighted by Gasteiger charge is 2.16. The van der Waals surface area contributed by atoms with Gasteiger partial charge in [0.15, 0.2) is 0 Å². The van der Waals surface area contributed by atoms with Crippen LogP contribution in [0.5, 0.6) is 0 Å². The van der Waals surface area contributed by atoms with Gasteiger partial charge in [0.25, 0.3) is 0 Å². The lowest BCUT2D eigenvalue weighted by atomic mass is 9.96. The largest absolute Gasteiger partial charge is 0.271 e. The minimum atomic E-state index is -0.329. The van der Waals surface area contributed by atoms with Gasteiger partial charge in [-0.3, -0.25) is 5.84 Å². The molecule has 0 aliphatic carbocycles. The summed E-state index contributed by atoms with van der Waals surface area (Å²) in [5, 5.41) is 0. The molecule has 0 aliphatic rings. The van der Waals surface area contributed by atoms with Crippen LogP contribution in [0.25, 0.3) is 0 Å². The quantitative estimate of drug-likeness (QED) is 0.643. The molecule has 0 heterocycles. The van der Waals surface area contributed by atoms with Gasteiger partial charge in [-0.15, -0.1) is 0 Å². The van der Waals surface area contributed by atoms with Gasteiger partial charge < -0.3 is 0 Å². The summed E-state index contributed by atoms with van der Waals surface area (Å²) in [5.41, 5.74) is 6.50. The molecule has 1 atom stereocenters. The monoisotopic (exact) mass is 244 g/mol. The average molecular weight is 244 g/mol. The fourth-order valence-corrected chi connectivity index (χ4v) is 2.25. The Labute approximate surface area is 107 Å². The van der Waals surface area contributed by atoms with E-state index in [9.17, 15) is 4.39 Å². The Hall–Kier alpha value is -1.71. The van der Waals surface area contributed by atoms with Crippen molar-refractivity contribution in [1.29, 1.82) is 0 Å². The van der Waals surface area contributed by atoms with E-state index in [2.05, 4.69) is 11.5 Å². The summed E-state index contributed by atoms with van der Waals surface area (Å²) in [6.07, 6.45) is 0. The molecule has 18 heavy (non-hydrogen) atoms. The Kier molecular flexibility index (Phi) is 3.75. The van der Waals surface area contributed by atoms with Gasteiger partial charge in [0, 0.05) is 5.56 Å². The molecule has 0 saturated carbocycles. The Morgan fingerprint density at radius 1 is 1.06 bits per heavy atom. The van der Waals surface area contributed by atoms with Gasteiger partial charge in [0.05, 0.1) is 6.04 Å². The lowest BCUT2D eigenvalue weighted by molar-refractivity contribution is 0.560. The van der Waals surface area contributed by atoms with Crippen molar-refractivity contribution in [3.05, 3.63) is 70.5 Å². The van der Waals surface area contributed by atoms with Gasteiger partial charge in [0.1, 0.15) is 5.82 Å². The van der Waals surface area contributed by atoms with Gasteiger partial charge in [-0.2, -0.15) is 0 Å². The molecule has 0 spiro atoms. The second kappa shape index (κ2) is 5.29. The Morgan fingerprint density at radius 3 is 2.22 bits per heavy atom. The minimum Gasteiger partial charge on any atom is -0.271 e. The van der Waals surface area contributed by atoms with Crippen LogP contribution in [0.15, 0.2) is 42.5 Å². The number of nitrogens with two attached hydrogens (primary N) is 1. The van der Waals surface area contributed by atoms with Crippen LogP contribution in [0, 0.1) is 19.7 Å². The van der Waals surface area contributed by atoms with Crippen molar-refractivity contribution in [3.8, 4) is 0 Å². The van der Waals surface area contributed by atoms with Crippen molar-refractivity contribution in [2.75, 3.05) is 0 Å². The molecule has 2 nitrogen and oxygen atoms in total. The smallest absolute Gasteiger partial charge is 0.128 e. The van der Waals surface area contributed by atoms with Crippen molar-refractivity contribution >= 4 is 0 Å². The number of halogens is 1. The van der Waals surface area contributed by atoms with E-state index in [1.807, 2.05) is 32.0 Å².